The van der Waals surface area contributed by atoms with Crippen molar-refractivity contribution in [2.45, 2.75) is 13.0 Å². The number of methoxy groups -OCH3 is 1. The average molecular weight is 274 g/mol. The fraction of sp³-hybridized carbons (Fsp3) is 0.200. The predicted octanol–water partition coefficient (Wildman–Crippen LogP) is 2.09. The molecule has 0 unspecified atom stereocenters. The number of amides is 1. The van der Waals surface area contributed by atoms with Crippen molar-refractivity contribution in [1.82, 2.24) is 10.3 Å². The average Bonchev–Trinajstić information content (AvgIpc) is 2.46. The third-order valence-corrected chi connectivity index (χ3v) is 2.79. The van der Waals surface area contributed by atoms with Gasteiger partial charge in [-0.1, -0.05) is 12.1 Å². The molecule has 0 aliphatic heterocycles. The van der Waals surface area contributed by atoms with Gasteiger partial charge in [0.15, 0.2) is 11.6 Å². The molecule has 4 nitrogen and oxygen atoms in total. The number of pyridine rings is 1. The molecule has 104 valence electrons. The lowest BCUT2D eigenvalue weighted by Gasteiger charge is -2.07. The number of benzene rings is 1. The van der Waals surface area contributed by atoms with E-state index in [0.29, 0.717) is 12.1 Å². The van der Waals surface area contributed by atoms with Crippen LogP contribution in [0.5, 0.6) is 5.75 Å². The molecule has 1 amide bonds. The number of nitrogens with zero attached hydrogens (tertiary/aromatic N) is 1. The Morgan fingerprint density at radius 3 is 2.85 bits per heavy atom. The molecule has 0 saturated heterocycles. The minimum atomic E-state index is -0.468. The van der Waals surface area contributed by atoms with Gasteiger partial charge in [-0.15, -0.1) is 0 Å². The van der Waals surface area contributed by atoms with Crippen molar-refractivity contribution in [3.8, 4) is 5.75 Å². The molecule has 0 spiro atoms. The monoisotopic (exact) mass is 274 g/mol. The quantitative estimate of drug-likeness (QED) is 0.908. The molecule has 20 heavy (non-hydrogen) atoms. The molecule has 2 aromatic rings. The Balaban J connectivity index is 1.90. The molecule has 0 aliphatic carbocycles. The fourth-order valence-electron chi connectivity index (χ4n) is 1.77. The Morgan fingerprint density at radius 2 is 2.20 bits per heavy atom. The van der Waals surface area contributed by atoms with Crippen LogP contribution >= 0.6 is 0 Å². The second-order valence-corrected chi connectivity index (χ2v) is 4.28. The molecular weight excluding hydrogens is 259 g/mol. The molecule has 2 rings (SSSR count). The van der Waals surface area contributed by atoms with Gasteiger partial charge < -0.3 is 10.1 Å². The van der Waals surface area contributed by atoms with Gasteiger partial charge in [-0.2, -0.15) is 0 Å². The molecule has 1 aromatic carbocycles. The van der Waals surface area contributed by atoms with E-state index in [9.17, 15) is 9.18 Å². The van der Waals surface area contributed by atoms with E-state index in [1.165, 1.54) is 19.2 Å². The molecule has 0 bridgehead atoms. The van der Waals surface area contributed by atoms with Gasteiger partial charge in [-0.25, -0.2) is 4.39 Å². The van der Waals surface area contributed by atoms with E-state index in [1.807, 2.05) is 6.07 Å². The largest absolute Gasteiger partial charge is 0.494 e. The summed E-state index contributed by atoms with van der Waals surface area (Å²) in [5.74, 6) is -0.465. The van der Waals surface area contributed by atoms with Gasteiger partial charge in [0, 0.05) is 18.9 Å². The molecule has 1 aromatic heterocycles. The number of nitrogens with one attached hydrogen (secondary N) is 1. The highest BCUT2D eigenvalue weighted by atomic mass is 19.1. The van der Waals surface area contributed by atoms with Crippen molar-refractivity contribution in [1.29, 1.82) is 0 Å². The van der Waals surface area contributed by atoms with Crippen LogP contribution in [-0.4, -0.2) is 18.0 Å². The van der Waals surface area contributed by atoms with Crippen molar-refractivity contribution in [3.63, 3.8) is 0 Å². The molecule has 1 N–H and O–H groups in total. The number of halogens is 1. The lowest BCUT2D eigenvalue weighted by atomic mass is 10.1. The number of hydrogen-bond acceptors (Lipinski definition) is 3. The zero-order valence-electron chi connectivity index (χ0n) is 11.1. The van der Waals surface area contributed by atoms with Gasteiger partial charge >= 0.3 is 0 Å². The summed E-state index contributed by atoms with van der Waals surface area (Å²) in [4.78, 5) is 15.7. The second-order valence-electron chi connectivity index (χ2n) is 4.28. The van der Waals surface area contributed by atoms with Crippen LogP contribution in [0.25, 0.3) is 0 Å². The Hall–Kier alpha value is -2.43. The number of aromatic nitrogens is 1. The van der Waals surface area contributed by atoms with Crippen LogP contribution in [0.3, 0.4) is 0 Å². The first-order chi connectivity index (χ1) is 9.69. The Kier molecular flexibility index (Phi) is 4.65. The van der Waals surface area contributed by atoms with Gasteiger partial charge in [-0.05, 0) is 29.3 Å². The number of carbonyl (C=O) groups excluding carboxylic acids is 1. The molecule has 0 radical (unpaired) electrons. The van der Waals surface area contributed by atoms with E-state index in [0.717, 1.165) is 5.56 Å². The maximum Gasteiger partial charge on any atom is 0.224 e. The number of carbonyl (C=O) groups is 1. The van der Waals surface area contributed by atoms with Crippen molar-refractivity contribution < 1.29 is 13.9 Å². The SMILES string of the molecule is COc1ccc(CC(=O)NCc2cccnc2)cc1F. The normalized spacial score (nSPS) is 10.1. The summed E-state index contributed by atoms with van der Waals surface area (Å²) in [5.41, 5.74) is 1.52. The topological polar surface area (TPSA) is 51.2 Å². The molecule has 0 saturated carbocycles. The molecular formula is C15H15FN2O2. The molecule has 0 atom stereocenters. The molecule has 5 heteroatoms. The van der Waals surface area contributed by atoms with Gasteiger partial charge in [0.05, 0.1) is 13.5 Å². The molecule has 0 fully saturated rings. The van der Waals surface area contributed by atoms with Gasteiger partial charge in [0.2, 0.25) is 5.91 Å². The maximum absolute atomic E-state index is 13.5. The number of rotatable bonds is 5. The van der Waals surface area contributed by atoms with E-state index in [4.69, 9.17) is 4.74 Å². The summed E-state index contributed by atoms with van der Waals surface area (Å²) in [7, 11) is 1.40. The second kappa shape index (κ2) is 6.65. The lowest BCUT2D eigenvalue weighted by Crippen LogP contribution is -2.24. The van der Waals surface area contributed by atoms with Crippen LogP contribution in [-0.2, 0) is 17.8 Å². The zero-order chi connectivity index (χ0) is 14.4. The van der Waals surface area contributed by atoms with Crippen molar-refractivity contribution in [2.75, 3.05) is 7.11 Å². The molecule has 1 heterocycles. The summed E-state index contributed by atoms with van der Waals surface area (Å²) in [6, 6.07) is 8.17. The summed E-state index contributed by atoms with van der Waals surface area (Å²) in [5, 5.41) is 2.76. The lowest BCUT2D eigenvalue weighted by molar-refractivity contribution is -0.120. The molecule has 0 aliphatic rings. The van der Waals surface area contributed by atoms with Crippen LogP contribution in [0.15, 0.2) is 42.7 Å². The van der Waals surface area contributed by atoms with Crippen molar-refractivity contribution in [2.24, 2.45) is 0 Å². The van der Waals surface area contributed by atoms with Crippen LogP contribution < -0.4 is 10.1 Å². The highest BCUT2D eigenvalue weighted by molar-refractivity contribution is 5.78. The first-order valence-corrected chi connectivity index (χ1v) is 6.17. The first-order valence-electron chi connectivity index (χ1n) is 6.17. The summed E-state index contributed by atoms with van der Waals surface area (Å²) in [6.07, 6.45) is 3.49. The Labute approximate surface area is 116 Å². The van der Waals surface area contributed by atoms with Gasteiger partial charge in [0.25, 0.3) is 0 Å². The smallest absolute Gasteiger partial charge is 0.224 e. The highest BCUT2D eigenvalue weighted by Crippen LogP contribution is 2.17. The summed E-state index contributed by atoms with van der Waals surface area (Å²) < 4.78 is 18.3. The Morgan fingerprint density at radius 1 is 1.35 bits per heavy atom. The minimum absolute atomic E-state index is 0.126. The van der Waals surface area contributed by atoms with E-state index in [1.54, 1.807) is 24.5 Å². The van der Waals surface area contributed by atoms with E-state index >= 15 is 0 Å². The summed E-state index contributed by atoms with van der Waals surface area (Å²) >= 11 is 0. The van der Waals surface area contributed by atoms with Gasteiger partial charge in [-0.3, -0.25) is 9.78 Å². The van der Waals surface area contributed by atoms with Crippen LogP contribution in [0.4, 0.5) is 4.39 Å². The minimum Gasteiger partial charge on any atom is -0.494 e. The standard InChI is InChI=1S/C15H15FN2O2/c1-20-14-5-4-11(7-13(14)16)8-15(19)18-10-12-3-2-6-17-9-12/h2-7,9H,8,10H2,1H3,(H,18,19). The van der Waals surface area contributed by atoms with E-state index < -0.39 is 5.82 Å². The van der Waals surface area contributed by atoms with Crippen LogP contribution in [0, 0.1) is 5.82 Å². The number of hydrogen-bond donors (Lipinski definition) is 1. The Bertz CT molecular complexity index is 588. The maximum atomic E-state index is 13.5. The predicted molar refractivity (Wildman–Crippen MR) is 72.7 cm³/mol. The fourth-order valence-corrected chi connectivity index (χ4v) is 1.77. The van der Waals surface area contributed by atoms with E-state index in [2.05, 4.69) is 10.3 Å². The third-order valence-electron chi connectivity index (χ3n) is 2.79. The van der Waals surface area contributed by atoms with Crippen molar-refractivity contribution in [3.05, 3.63) is 59.7 Å². The summed E-state index contributed by atoms with van der Waals surface area (Å²) in [6.45, 7) is 0.408. The van der Waals surface area contributed by atoms with E-state index in [-0.39, 0.29) is 18.1 Å². The van der Waals surface area contributed by atoms with Crippen molar-refractivity contribution >= 4 is 5.91 Å². The first kappa shape index (κ1) is 14.0. The van der Waals surface area contributed by atoms with Gasteiger partial charge in [0.1, 0.15) is 0 Å². The third kappa shape index (κ3) is 3.78. The zero-order valence-corrected chi connectivity index (χ0v) is 11.1. The van der Waals surface area contributed by atoms with Crippen LogP contribution in [0.2, 0.25) is 0 Å². The number of ether oxygens (including phenoxy) is 1. The highest BCUT2D eigenvalue weighted by Gasteiger charge is 2.07. The van der Waals surface area contributed by atoms with Crippen LogP contribution in [0.1, 0.15) is 11.1 Å².